The van der Waals surface area contributed by atoms with Crippen LogP contribution in [0.5, 0.6) is 5.75 Å². The van der Waals surface area contributed by atoms with E-state index < -0.39 is 0 Å². The van der Waals surface area contributed by atoms with Crippen LogP contribution in [0.1, 0.15) is 18.3 Å². The first-order valence-corrected chi connectivity index (χ1v) is 11.7. The normalized spacial score (nSPS) is 10.9. The van der Waals surface area contributed by atoms with E-state index in [1.807, 2.05) is 24.5 Å². The number of benzene rings is 2. The molecular formula is C20H18Cl4N4O2S. The summed E-state index contributed by atoms with van der Waals surface area (Å²) in [4.78, 5) is 12.4. The lowest BCUT2D eigenvalue weighted by Gasteiger charge is -2.10. The Hall–Kier alpha value is -1.64. The number of nitrogens with zero attached hydrogens (tertiary/aromatic N) is 3. The van der Waals surface area contributed by atoms with Crippen LogP contribution in [-0.4, -0.2) is 26.4 Å². The standard InChI is InChI=1S/C20H18Cl4N4O2S/c1-3-28-18(9-30-12-4-5-13(21)11(2)6-12)26-27-20(28)31-10-19(29)25-17-8-15(23)14(22)7-16(17)24/h4-8H,3,9-10H2,1-2H3,(H,25,29). The van der Waals surface area contributed by atoms with Gasteiger partial charge >= 0.3 is 0 Å². The summed E-state index contributed by atoms with van der Waals surface area (Å²) < 4.78 is 7.71. The highest BCUT2D eigenvalue weighted by Crippen LogP contribution is 2.32. The van der Waals surface area contributed by atoms with E-state index in [-0.39, 0.29) is 18.3 Å². The Morgan fingerprint density at radius 3 is 2.52 bits per heavy atom. The second-order valence-electron chi connectivity index (χ2n) is 6.43. The summed E-state index contributed by atoms with van der Waals surface area (Å²) in [6.45, 7) is 4.76. The number of halogens is 4. The van der Waals surface area contributed by atoms with Crippen molar-refractivity contribution in [2.24, 2.45) is 0 Å². The van der Waals surface area contributed by atoms with Gasteiger partial charge in [0.15, 0.2) is 11.0 Å². The van der Waals surface area contributed by atoms with E-state index in [1.54, 1.807) is 12.1 Å². The number of rotatable bonds is 8. The number of hydrogen-bond acceptors (Lipinski definition) is 5. The van der Waals surface area contributed by atoms with Gasteiger partial charge in [-0.05, 0) is 49.7 Å². The number of ether oxygens (including phenoxy) is 1. The third kappa shape index (κ3) is 6.20. The van der Waals surface area contributed by atoms with Crippen molar-refractivity contribution in [1.82, 2.24) is 14.8 Å². The first kappa shape index (κ1) is 24.0. The van der Waals surface area contributed by atoms with Crippen LogP contribution < -0.4 is 10.1 Å². The molecule has 0 spiro atoms. The van der Waals surface area contributed by atoms with Crippen molar-refractivity contribution in [3.05, 3.63) is 61.8 Å². The minimum Gasteiger partial charge on any atom is -0.486 e. The zero-order chi connectivity index (χ0) is 22.5. The summed E-state index contributed by atoms with van der Waals surface area (Å²) in [5.74, 6) is 1.21. The van der Waals surface area contributed by atoms with Crippen molar-refractivity contribution in [1.29, 1.82) is 0 Å². The Kier molecular flexibility index (Phi) is 8.36. The molecule has 0 bridgehead atoms. The molecule has 11 heteroatoms. The molecule has 0 saturated heterocycles. The van der Waals surface area contributed by atoms with Crippen LogP contribution in [0, 0.1) is 6.92 Å². The molecule has 0 aliphatic heterocycles. The van der Waals surface area contributed by atoms with Crippen LogP contribution in [0.4, 0.5) is 5.69 Å². The van der Waals surface area contributed by atoms with Crippen LogP contribution in [0.25, 0.3) is 0 Å². The van der Waals surface area contributed by atoms with Gasteiger partial charge in [-0.3, -0.25) is 4.79 Å². The summed E-state index contributed by atoms with van der Waals surface area (Å²) in [5.41, 5.74) is 1.33. The molecule has 0 unspecified atom stereocenters. The molecule has 0 fully saturated rings. The highest BCUT2D eigenvalue weighted by Gasteiger charge is 2.15. The molecule has 1 heterocycles. The molecule has 3 rings (SSSR count). The van der Waals surface area contributed by atoms with E-state index in [2.05, 4.69) is 15.5 Å². The van der Waals surface area contributed by atoms with Crippen molar-refractivity contribution in [2.75, 3.05) is 11.1 Å². The minimum absolute atomic E-state index is 0.117. The third-order valence-corrected chi connectivity index (χ3v) is 6.65. The zero-order valence-electron chi connectivity index (χ0n) is 16.6. The molecule has 0 aliphatic carbocycles. The minimum atomic E-state index is -0.259. The van der Waals surface area contributed by atoms with Crippen LogP contribution in [-0.2, 0) is 17.9 Å². The average molecular weight is 520 g/mol. The Balaban J connectivity index is 1.60. The molecule has 0 radical (unpaired) electrons. The van der Waals surface area contributed by atoms with Crippen molar-refractivity contribution >= 4 is 69.8 Å². The van der Waals surface area contributed by atoms with Gasteiger partial charge in [-0.2, -0.15) is 0 Å². The fraction of sp³-hybridized carbons (Fsp3) is 0.250. The number of nitrogens with one attached hydrogen (secondary N) is 1. The SMILES string of the molecule is CCn1c(COc2ccc(Cl)c(C)c2)nnc1SCC(=O)Nc1cc(Cl)c(Cl)cc1Cl. The molecule has 1 amide bonds. The second kappa shape index (κ2) is 10.8. The maximum Gasteiger partial charge on any atom is 0.234 e. The van der Waals surface area contributed by atoms with Gasteiger partial charge in [-0.15, -0.1) is 10.2 Å². The fourth-order valence-corrected chi connectivity index (χ4v) is 4.17. The number of carbonyl (C=O) groups excluding carboxylic acids is 1. The van der Waals surface area contributed by atoms with Gasteiger partial charge in [-0.25, -0.2) is 0 Å². The van der Waals surface area contributed by atoms with E-state index in [0.29, 0.717) is 49.1 Å². The topological polar surface area (TPSA) is 69.0 Å². The highest BCUT2D eigenvalue weighted by molar-refractivity contribution is 7.99. The van der Waals surface area contributed by atoms with Crippen LogP contribution in [0.2, 0.25) is 20.1 Å². The fourth-order valence-electron chi connectivity index (χ4n) is 2.64. The van der Waals surface area contributed by atoms with Gasteiger partial charge in [0.2, 0.25) is 5.91 Å². The number of aryl methyl sites for hydroxylation is 1. The number of thioether (sulfide) groups is 1. The maximum atomic E-state index is 12.4. The predicted molar refractivity (Wildman–Crippen MR) is 127 cm³/mol. The lowest BCUT2D eigenvalue weighted by molar-refractivity contribution is -0.113. The molecule has 0 saturated carbocycles. The van der Waals surface area contributed by atoms with E-state index in [1.165, 1.54) is 23.9 Å². The number of carbonyl (C=O) groups is 1. The maximum absolute atomic E-state index is 12.4. The lowest BCUT2D eigenvalue weighted by atomic mass is 10.2. The van der Waals surface area contributed by atoms with Crippen molar-refractivity contribution in [2.45, 2.75) is 32.2 Å². The molecule has 3 aromatic rings. The molecule has 6 nitrogen and oxygen atoms in total. The van der Waals surface area contributed by atoms with E-state index in [0.717, 1.165) is 5.56 Å². The third-order valence-electron chi connectivity index (χ3n) is 4.22. The molecule has 2 aromatic carbocycles. The summed E-state index contributed by atoms with van der Waals surface area (Å²) in [5, 5.41) is 13.3. The number of hydrogen-bond donors (Lipinski definition) is 1. The molecule has 164 valence electrons. The Bertz CT molecular complexity index is 1110. The van der Waals surface area contributed by atoms with Gasteiger partial charge < -0.3 is 14.6 Å². The molecule has 31 heavy (non-hydrogen) atoms. The molecule has 1 aromatic heterocycles. The first-order chi connectivity index (χ1) is 14.8. The quantitative estimate of drug-likeness (QED) is 0.270. The number of aromatic nitrogens is 3. The van der Waals surface area contributed by atoms with Gasteiger partial charge in [0.05, 0.1) is 26.5 Å². The molecule has 0 atom stereocenters. The van der Waals surface area contributed by atoms with Crippen LogP contribution >= 0.6 is 58.2 Å². The van der Waals surface area contributed by atoms with Crippen LogP contribution in [0.15, 0.2) is 35.5 Å². The smallest absolute Gasteiger partial charge is 0.234 e. The van der Waals surface area contributed by atoms with Crippen molar-refractivity contribution in [3.63, 3.8) is 0 Å². The average Bonchev–Trinajstić information content (AvgIpc) is 3.13. The summed E-state index contributed by atoms with van der Waals surface area (Å²) in [7, 11) is 0. The summed E-state index contributed by atoms with van der Waals surface area (Å²) in [6.07, 6.45) is 0. The highest BCUT2D eigenvalue weighted by atomic mass is 35.5. The van der Waals surface area contributed by atoms with Gasteiger partial charge in [-0.1, -0.05) is 58.2 Å². The molecule has 1 N–H and O–H groups in total. The van der Waals surface area contributed by atoms with E-state index >= 15 is 0 Å². The van der Waals surface area contributed by atoms with Crippen molar-refractivity contribution in [3.8, 4) is 5.75 Å². The van der Waals surface area contributed by atoms with Gasteiger partial charge in [0.1, 0.15) is 12.4 Å². The lowest BCUT2D eigenvalue weighted by Crippen LogP contribution is -2.15. The largest absolute Gasteiger partial charge is 0.486 e. The Morgan fingerprint density at radius 2 is 1.81 bits per heavy atom. The summed E-state index contributed by atoms with van der Waals surface area (Å²) in [6, 6.07) is 8.45. The molecular weight excluding hydrogens is 502 g/mol. The zero-order valence-corrected chi connectivity index (χ0v) is 20.4. The van der Waals surface area contributed by atoms with E-state index in [4.69, 9.17) is 51.1 Å². The van der Waals surface area contributed by atoms with Gasteiger partial charge in [0.25, 0.3) is 0 Å². The Labute approximate surface area is 204 Å². The van der Waals surface area contributed by atoms with E-state index in [9.17, 15) is 4.79 Å². The first-order valence-electron chi connectivity index (χ1n) is 9.16. The van der Waals surface area contributed by atoms with Crippen molar-refractivity contribution < 1.29 is 9.53 Å². The number of anilines is 1. The Morgan fingerprint density at radius 1 is 1.06 bits per heavy atom. The predicted octanol–water partition coefficient (Wildman–Crippen LogP) is 6.53. The molecule has 0 aliphatic rings. The second-order valence-corrected chi connectivity index (χ2v) is 9.00. The van der Waals surface area contributed by atoms with Crippen LogP contribution in [0.3, 0.4) is 0 Å². The van der Waals surface area contributed by atoms with Gasteiger partial charge in [0, 0.05) is 11.6 Å². The number of amides is 1. The summed E-state index contributed by atoms with van der Waals surface area (Å²) >= 11 is 25.3. The monoisotopic (exact) mass is 518 g/mol.